The Kier molecular flexibility index (Phi) is 3.08. The quantitative estimate of drug-likeness (QED) is 0.851. The summed E-state index contributed by atoms with van der Waals surface area (Å²) in [5.41, 5.74) is 0.175. The van der Waals surface area contributed by atoms with Crippen molar-refractivity contribution in [3.63, 3.8) is 0 Å². The van der Waals surface area contributed by atoms with Crippen molar-refractivity contribution in [1.82, 2.24) is 10.5 Å². The van der Waals surface area contributed by atoms with Crippen LogP contribution >= 0.6 is 0 Å². The lowest BCUT2D eigenvalue weighted by Gasteiger charge is -2.08. The second-order valence-electron chi connectivity index (χ2n) is 4.67. The number of aromatic nitrogens is 1. The number of hydrogen-bond donors (Lipinski definition) is 2. The molecule has 100 valence electrons. The van der Waals surface area contributed by atoms with Crippen LogP contribution in [0.3, 0.4) is 0 Å². The first-order valence-electron chi connectivity index (χ1n) is 6.21. The van der Waals surface area contributed by atoms with Crippen molar-refractivity contribution in [3.8, 4) is 11.5 Å². The van der Waals surface area contributed by atoms with Gasteiger partial charge in [0.05, 0.1) is 12.4 Å². The highest BCUT2D eigenvalue weighted by Gasteiger charge is 2.30. The van der Waals surface area contributed by atoms with Crippen molar-refractivity contribution >= 4 is 5.91 Å². The number of rotatable bonds is 5. The van der Waals surface area contributed by atoms with Crippen molar-refractivity contribution in [3.05, 3.63) is 30.2 Å². The van der Waals surface area contributed by atoms with Crippen molar-refractivity contribution in [2.75, 3.05) is 6.54 Å². The van der Waals surface area contributed by atoms with Gasteiger partial charge in [0, 0.05) is 12.6 Å². The van der Waals surface area contributed by atoms with Gasteiger partial charge in [-0.2, -0.15) is 0 Å². The predicted molar refractivity (Wildman–Crippen MR) is 65.3 cm³/mol. The highest BCUT2D eigenvalue weighted by atomic mass is 16.5. The van der Waals surface area contributed by atoms with E-state index in [-0.39, 0.29) is 18.1 Å². The van der Waals surface area contributed by atoms with Gasteiger partial charge in [0.2, 0.25) is 5.76 Å². The van der Waals surface area contributed by atoms with Crippen LogP contribution in [0.1, 0.15) is 23.3 Å². The lowest BCUT2D eigenvalue weighted by Crippen LogP contribution is -2.33. The number of carbonyl (C=O) groups is 1. The summed E-state index contributed by atoms with van der Waals surface area (Å²) in [4.78, 5) is 11.8. The SMILES string of the molecule is O=C(NCC(O)C1CC1)c1cc(-c2ccco2)on1. The van der Waals surface area contributed by atoms with Gasteiger partial charge in [-0.15, -0.1) is 0 Å². The molecule has 2 heterocycles. The Morgan fingerprint density at radius 2 is 2.37 bits per heavy atom. The molecule has 6 heteroatoms. The zero-order valence-corrected chi connectivity index (χ0v) is 10.2. The lowest BCUT2D eigenvalue weighted by molar-refractivity contribution is 0.0892. The first-order valence-corrected chi connectivity index (χ1v) is 6.21. The fourth-order valence-corrected chi connectivity index (χ4v) is 1.85. The molecule has 1 unspecified atom stereocenters. The first kappa shape index (κ1) is 12.0. The van der Waals surface area contributed by atoms with Crippen LogP contribution in [0.5, 0.6) is 0 Å². The number of amides is 1. The van der Waals surface area contributed by atoms with Gasteiger partial charge in [-0.25, -0.2) is 0 Å². The maximum Gasteiger partial charge on any atom is 0.273 e. The maximum absolute atomic E-state index is 11.8. The fourth-order valence-electron chi connectivity index (χ4n) is 1.85. The standard InChI is InChI=1S/C13H14N2O4/c16-10(8-3-4-8)7-14-13(17)9-6-12(19-15-9)11-2-1-5-18-11/h1-2,5-6,8,10,16H,3-4,7H2,(H,14,17). The molecule has 0 saturated heterocycles. The van der Waals surface area contributed by atoms with Crippen LogP contribution in [0, 0.1) is 5.92 Å². The summed E-state index contributed by atoms with van der Waals surface area (Å²) in [6, 6.07) is 4.96. The fraction of sp³-hybridized carbons (Fsp3) is 0.385. The van der Waals surface area contributed by atoms with E-state index in [1.807, 2.05) is 0 Å². The Bertz CT molecular complexity index is 557. The van der Waals surface area contributed by atoms with E-state index in [1.165, 1.54) is 12.3 Å². The summed E-state index contributed by atoms with van der Waals surface area (Å²) in [6.45, 7) is 0.243. The molecule has 1 amide bonds. The molecule has 2 aromatic rings. The van der Waals surface area contributed by atoms with Crippen molar-refractivity contribution in [1.29, 1.82) is 0 Å². The highest BCUT2D eigenvalue weighted by Crippen LogP contribution is 2.32. The third kappa shape index (κ3) is 2.68. The van der Waals surface area contributed by atoms with E-state index in [2.05, 4.69) is 10.5 Å². The van der Waals surface area contributed by atoms with E-state index in [1.54, 1.807) is 12.1 Å². The van der Waals surface area contributed by atoms with E-state index in [9.17, 15) is 9.90 Å². The number of hydrogen-bond acceptors (Lipinski definition) is 5. The maximum atomic E-state index is 11.8. The lowest BCUT2D eigenvalue weighted by atomic mass is 10.2. The molecule has 3 rings (SSSR count). The molecular weight excluding hydrogens is 248 g/mol. The van der Waals surface area contributed by atoms with E-state index >= 15 is 0 Å². The van der Waals surface area contributed by atoms with Crippen LogP contribution in [0.4, 0.5) is 0 Å². The van der Waals surface area contributed by atoms with Crippen LogP contribution in [0.2, 0.25) is 0 Å². The molecular formula is C13H14N2O4. The largest absolute Gasteiger partial charge is 0.461 e. The van der Waals surface area contributed by atoms with Crippen molar-refractivity contribution in [2.45, 2.75) is 18.9 Å². The van der Waals surface area contributed by atoms with Crippen LogP contribution in [-0.2, 0) is 0 Å². The summed E-state index contributed by atoms with van der Waals surface area (Å²) in [7, 11) is 0. The van der Waals surface area contributed by atoms with Gasteiger partial charge in [0.15, 0.2) is 11.5 Å². The van der Waals surface area contributed by atoms with Gasteiger partial charge in [0.1, 0.15) is 0 Å². The smallest absolute Gasteiger partial charge is 0.273 e. The Labute approximate surface area is 109 Å². The van der Waals surface area contributed by atoms with Gasteiger partial charge >= 0.3 is 0 Å². The Morgan fingerprint density at radius 3 is 3.05 bits per heavy atom. The molecule has 0 radical (unpaired) electrons. The molecule has 2 N–H and O–H groups in total. The second-order valence-corrected chi connectivity index (χ2v) is 4.67. The average molecular weight is 262 g/mol. The molecule has 1 saturated carbocycles. The second kappa shape index (κ2) is 4.89. The molecule has 1 atom stereocenters. The van der Waals surface area contributed by atoms with Crippen LogP contribution in [0.25, 0.3) is 11.5 Å². The number of carbonyl (C=O) groups excluding carboxylic acids is 1. The third-order valence-corrected chi connectivity index (χ3v) is 3.14. The molecule has 2 aromatic heterocycles. The summed E-state index contributed by atoms with van der Waals surface area (Å²) in [5.74, 6) is 0.889. The zero-order valence-electron chi connectivity index (χ0n) is 10.2. The Morgan fingerprint density at radius 1 is 1.53 bits per heavy atom. The van der Waals surface area contributed by atoms with Gasteiger partial charge in [0.25, 0.3) is 5.91 Å². The minimum absolute atomic E-state index is 0.175. The van der Waals surface area contributed by atoms with Gasteiger partial charge < -0.3 is 19.4 Å². The zero-order chi connectivity index (χ0) is 13.2. The van der Waals surface area contributed by atoms with Crippen LogP contribution < -0.4 is 5.32 Å². The number of furan rings is 1. The van der Waals surface area contributed by atoms with E-state index < -0.39 is 6.10 Å². The third-order valence-electron chi connectivity index (χ3n) is 3.14. The normalized spacial score (nSPS) is 16.3. The molecule has 1 fully saturated rings. The molecule has 0 aliphatic heterocycles. The number of aliphatic hydroxyl groups excluding tert-OH is 1. The number of aliphatic hydroxyl groups is 1. The van der Waals surface area contributed by atoms with Crippen molar-refractivity contribution < 1.29 is 18.8 Å². The van der Waals surface area contributed by atoms with E-state index in [0.29, 0.717) is 17.4 Å². The topological polar surface area (TPSA) is 88.5 Å². The molecule has 1 aliphatic rings. The van der Waals surface area contributed by atoms with E-state index in [0.717, 1.165) is 12.8 Å². The van der Waals surface area contributed by atoms with Gasteiger partial charge in [-0.3, -0.25) is 4.79 Å². The molecule has 0 bridgehead atoms. The summed E-state index contributed by atoms with van der Waals surface area (Å²) >= 11 is 0. The van der Waals surface area contributed by atoms with E-state index in [4.69, 9.17) is 8.94 Å². The monoisotopic (exact) mass is 262 g/mol. The number of nitrogens with zero attached hydrogens (tertiary/aromatic N) is 1. The number of nitrogens with one attached hydrogen (secondary N) is 1. The van der Waals surface area contributed by atoms with Crippen molar-refractivity contribution in [2.24, 2.45) is 5.92 Å². The summed E-state index contributed by atoms with van der Waals surface area (Å²) in [6.07, 6.45) is 3.11. The van der Waals surface area contributed by atoms with Gasteiger partial charge in [-0.1, -0.05) is 5.16 Å². The summed E-state index contributed by atoms with van der Waals surface area (Å²) < 4.78 is 10.2. The molecule has 19 heavy (non-hydrogen) atoms. The predicted octanol–water partition coefficient (Wildman–Crippen LogP) is 1.44. The average Bonchev–Trinajstić information content (AvgIpc) is 2.94. The Hall–Kier alpha value is -2.08. The highest BCUT2D eigenvalue weighted by molar-refractivity contribution is 5.92. The molecule has 0 aromatic carbocycles. The van der Waals surface area contributed by atoms with Crippen LogP contribution in [-0.4, -0.2) is 28.8 Å². The molecule has 1 aliphatic carbocycles. The molecule has 0 spiro atoms. The minimum Gasteiger partial charge on any atom is -0.461 e. The first-order chi connectivity index (χ1) is 9.24. The Balaban J connectivity index is 1.60. The summed E-state index contributed by atoms with van der Waals surface area (Å²) in [5, 5.41) is 16.0. The molecule has 6 nitrogen and oxygen atoms in total. The minimum atomic E-state index is -0.472. The van der Waals surface area contributed by atoms with Crippen LogP contribution in [0.15, 0.2) is 33.4 Å². The van der Waals surface area contributed by atoms with Gasteiger partial charge in [-0.05, 0) is 30.9 Å².